The van der Waals surface area contributed by atoms with Gasteiger partial charge in [-0.15, -0.1) is 0 Å². The van der Waals surface area contributed by atoms with Gasteiger partial charge in [-0.05, 0) is 62.6 Å². The molecule has 1 atom stereocenters. The molecule has 0 bridgehead atoms. The maximum Gasteiger partial charge on any atom is 0.225 e. The van der Waals surface area contributed by atoms with E-state index in [0.29, 0.717) is 12.0 Å². The van der Waals surface area contributed by atoms with E-state index < -0.39 is 0 Å². The quantitative estimate of drug-likeness (QED) is 0.765. The van der Waals surface area contributed by atoms with Gasteiger partial charge < -0.3 is 20.3 Å². The number of fused-ring (bicyclic) bond motifs is 1. The Balaban J connectivity index is 1.29. The predicted molar refractivity (Wildman–Crippen MR) is 115 cm³/mol. The molecule has 28 heavy (non-hydrogen) atoms. The molecule has 6 heteroatoms. The zero-order valence-corrected chi connectivity index (χ0v) is 17.2. The van der Waals surface area contributed by atoms with Crippen molar-refractivity contribution in [3.63, 3.8) is 0 Å². The molecule has 1 unspecified atom stereocenters. The highest BCUT2D eigenvalue weighted by molar-refractivity contribution is 5.90. The molecule has 1 aromatic heterocycles. The van der Waals surface area contributed by atoms with Gasteiger partial charge in [0, 0.05) is 38.7 Å². The first-order valence-corrected chi connectivity index (χ1v) is 10.7. The van der Waals surface area contributed by atoms with E-state index in [9.17, 15) is 0 Å². The second-order valence-corrected chi connectivity index (χ2v) is 8.53. The summed E-state index contributed by atoms with van der Waals surface area (Å²) in [5, 5.41) is 8.37. The van der Waals surface area contributed by atoms with E-state index in [1.54, 1.807) is 0 Å². The van der Waals surface area contributed by atoms with Gasteiger partial charge in [-0.25, -0.2) is 4.98 Å². The average molecular weight is 384 g/mol. The standard InChI is InChI=1S/C22H33N5O/c1-27(2)21-19-5-3-4-6-20(19)25-22(26-21)24-18-9-7-16(8-10-18)13-23-14-17-11-12-28-15-17/h3-6,16-18,23H,7-15H2,1-2H3,(H,24,25,26). The number of benzene rings is 1. The second-order valence-electron chi connectivity index (χ2n) is 8.53. The van der Waals surface area contributed by atoms with Crippen molar-refractivity contribution in [2.75, 3.05) is 50.6 Å². The first kappa shape index (κ1) is 19.4. The van der Waals surface area contributed by atoms with Gasteiger partial charge in [0.05, 0.1) is 12.1 Å². The number of hydrogen-bond acceptors (Lipinski definition) is 6. The molecule has 0 spiro atoms. The van der Waals surface area contributed by atoms with Gasteiger partial charge in [0.1, 0.15) is 5.82 Å². The summed E-state index contributed by atoms with van der Waals surface area (Å²) in [7, 11) is 4.07. The third kappa shape index (κ3) is 4.73. The van der Waals surface area contributed by atoms with Crippen LogP contribution in [0, 0.1) is 11.8 Å². The van der Waals surface area contributed by atoms with E-state index in [1.807, 2.05) is 26.2 Å². The fourth-order valence-electron chi connectivity index (χ4n) is 4.39. The lowest BCUT2D eigenvalue weighted by atomic mass is 9.86. The van der Waals surface area contributed by atoms with Crippen molar-refractivity contribution in [3.05, 3.63) is 24.3 Å². The van der Waals surface area contributed by atoms with Crippen molar-refractivity contribution in [1.82, 2.24) is 15.3 Å². The Hall–Kier alpha value is -1.92. The molecule has 0 radical (unpaired) electrons. The molecule has 152 valence electrons. The van der Waals surface area contributed by atoms with E-state index >= 15 is 0 Å². The van der Waals surface area contributed by atoms with E-state index in [2.05, 4.69) is 27.7 Å². The predicted octanol–water partition coefficient (Wildman–Crippen LogP) is 3.29. The zero-order valence-electron chi connectivity index (χ0n) is 17.2. The molecule has 1 saturated heterocycles. The first-order chi connectivity index (χ1) is 13.7. The molecule has 1 saturated carbocycles. The van der Waals surface area contributed by atoms with Crippen molar-refractivity contribution < 1.29 is 4.74 Å². The molecule has 2 aliphatic rings. The molecule has 2 heterocycles. The highest BCUT2D eigenvalue weighted by atomic mass is 16.5. The van der Waals surface area contributed by atoms with Crippen LogP contribution in [0.1, 0.15) is 32.1 Å². The van der Waals surface area contributed by atoms with Gasteiger partial charge in [-0.2, -0.15) is 4.98 Å². The molecule has 1 aliphatic carbocycles. The Bertz CT molecular complexity index is 767. The minimum atomic E-state index is 0.468. The Kier molecular flexibility index (Phi) is 6.27. The van der Waals surface area contributed by atoms with E-state index in [4.69, 9.17) is 14.7 Å². The third-order valence-electron chi connectivity index (χ3n) is 6.08. The Morgan fingerprint density at radius 2 is 1.79 bits per heavy atom. The second kappa shape index (κ2) is 9.05. The van der Waals surface area contributed by atoms with Crippen LogP contribution in [0.25, 0.3) is 10.9 Å². The molecule has 2 aromatic rings. The van der Waals surface area contributed by atoms with Crippen molar-refractivity contribution >= 4 is 22.7 Å². The summed E-state index contributed by atoms with van der Waals surface area (Å²) in [5.41, 5.74) is 0.998. The Labute approximate surface area is 168 Å². The zero-order chi connectivity index (χ0) is 19.3. The lowest BCUT2D eigenvalue weighted by Gasteiger charge is -2.30. The number of aromatic nitrogens is 2. The monoisotopic (exact) mass is 383 g/mol. The molecule has 2 N–H and O–H groups in total. The third-order valence-corrected chi connectivity index (χ3v) is 6.08. The van der Waals surface area contributed by atoms with Crippen LogP contribution in [0.4, 0.5) is 11.8 Å². The van der Waals surface area contributed by atoms with Crippen molar-refractivity contribution in [3.8, 4) is 0 Å². The summed E-state index contributed by atoms with van der Waals surface area (Å²) in [6.07, 6.45) is 6.11. The maximum atomic E-state index is 5.46. The average Bonchev–Trinajstić information content (AvgIpc) is 3.22. The smallest absolute Gasteiger partial charge is 0.225 e. The van der Waals surface area contributed by atoms with Gasteiger partial charge in [-0.3, -0.25) is 0 Å². The summed E-state index contributed by atoms with van der Waals surface area (Å²) in [6, 6.07) is 8.70. The van der Waals surface area contributed by atoms with Gasteiger partial charge in [0.15, 0.2) is 0 Å². The minimum absolute atomic E-state index is 0.468. The first-order valence-electron chi connectivity index (χ1n) is 10.7. The molecule has 4 rings (SSSR count). The van der Waals surface area contributed by atoms with Gasteiger partial charge in [0.2, 0.25) is 5.95 Å². The highest BCUT2D eigenvalue weighted by Gasteiger charge is 2.23. The summed E-state index contributed by atoms with van der Waals surface area (Å²) in [6.45, 7) is 4.12. The molecule has 1 aliphatic heterocycles. The Morgan fingerprint density at radius 3 is 2.54 bits per heavy atom. The molecular weight excluding hydrogens is 350 g/mol. The van der Waals surface area contributed by atoms with Crippen LogP contribution < -0.4 is 15.5 Å². The molecule has 0 amide bonds. The lowest BCUT2D eigenvalue weighted by molar-refractivity contribution is 0.184. The Morgan fingerprint density at radius 1 is 1.00 bits per heavy atom. The normalized spacial score (nSPS) is 25.1. The van der Waals surface area contributed by atoms with Gasteiger partial charge in [-0.1, -0.05) is 12.1 Å². The van der Waals surface area contributed by atoms with Crippen molar-refractivity contribution in [2.45, 2.75) is 38.1 Å². The fraction of sp³-hybridized carbons (Fsp3) is 0.636. The number of hydrogen-bond donors (Lipinski definition) is 2. The number of anilines is 2. The largest absolute Gasteiger partial charge is 0.381 e. The van der Waals surface area contributed by atoms with Crippen LogP contribution in [0.15, 0.2) is 24.3 Å². The van der Waals surface area contributed by atoms with Crippen LogP contribution >= 0.6 is 0 Å². The molecular formula is C22H33N5O. The molecule has 1 aromatic carbocycles. The van der Waals surface area contributed by atoms with E-state index in [0.717, 1.165) is 54.9 Å². The number of ether oxygens (including phenoxy) is 1. The van der Waals surface area contributed by atoms with E-state index in [-0.39, 0.29) is 0 Å². The fourth-order valence-corrected chi connectivity index (χ4v) is 4.39. The topological polar surface area (TPSA) is 62.3 Å². The SMILES string of the molecule is CN(C)c1nc(NC2CCC(CNCC3CCOC3)CC2)nc2ccccc12. The van der Waals surface area contributed by atoms with Crippen molar-refractivity contribution in [1.29, 1.82) is 0 Å². The van der Waals surface area contributed by atoms with Crippen molar-refractivity contribution in [2.24, 2.45) is 11.8 Å². The van der Waals surface area contributed by atoms with Crippen LogP contribution in [0.2, 0.25) is 0 Å². The summed E-state index contributed by atoms with van der Waals surface area (Å²) < 4.78 is 5.46. The summed E-state index contributed by atoms with van der Waals surface area (Å²) in [4.78, 5) is 11.6. The van der Waals surface area contributed by atoms with Gasteiger partial charge >= 0.3 is 0 Å². The van der Waals surface area contributed by atoms with Crippen LogP contribution in [0.5, 0.6) is 0 Å². The summed E-state index contributed by atoms with van der Waals surface area (Å²) in [5.74, 6) is 3.23. The molecule has 6 nitrogen and oxygen atoms in total. The lowest BCUT2D eigenvalue weighted by Crippen LogP contribution is -2.33. The summed E-state index contributed by atoms with van der Waals surface area (Å²) >= 11 is 0. The number of nitrogens with zero attached hydrogens (tertiary/aromatic N) is 3. The highest BCUT2D eigenvalue weighted by Crippen LogP contribution is 2.28. The minimum Gasteiger partial charge on any atom is -0.381 e. The van der Waals surface area contributed by atoms with Crippen LogP contribution in [-0.2, 0) is 4.74 Å². The number of nitrogens with one attached hydrogen (secondary N) is 2. The van der Waals surface area contributed by atoms with Crippen LogP contribution in [0.3, 0.4) is 0 Å². The number of rotatable bonds is 7. The number of para-hydroxylation sites is 1. The maximum absolute atomic E-state index is 5.46. The van der Waals surface area contributed by atoms with E-state index in [1.165, 1.54) is 32.1 Å². The van der Waals surface area contributed by atoms with Gasteiger partial charge in [0.25, 0.3) is 0 Å². The molecule has 2 fully saturated rings. The van der Waals surface area contributed by atoms with Crippen LogP contribution in [-0.4, -0.2) is 56.4 Å².